The molecule has 0 atom stereocenters. The summed E-state index contributed by atoms with van der Waals surface area (Å²) < 4.78 is 0. The first-order valence-corrected chi connectivity index (χ1v) is 12.3. The molecule has 0 saturated heterocycles. The molecule has 0 fully saturated rings. The molecule has 1 N–H and O–H groups in total. The fraction of sp³-hybridized carbons (Fsp3) is 0.846. The number of hydrogen-bond donors (Lipinski definition) is 1. The molecule has 0 aromatic rings. The fourth-order valence-electron chi connectivity index (χ4n) is 1.65. The first-order valence-electron chi connectivity index (χ1n) is 6.76. The van der Waals surface area contributed by atoms with Gasteiger partial charge in [-0.15, -0.1) is 5.70 Å². The third-order valence-corrected chi connectivity index (χ3v) is 6.36. The second kappa shape index (κ2) is 9.19. The molecule has 0 aliphatic rings. The van der Waals surface area contributed by atoms with E-state index in [1.165, 1.54) is 43.6 Å². The van der Waals surface area contributed by atoms with Crippen molar-refractivity contribution < 1.29 is 0 Å². The van der Waals surface area contributed by atoms with Crippen molar-refractivity contribution in [2.75, 3.05) is 13.1 Å². The molecule has 0 heterocycles. The molecule has 0 amide bonds. The molecule has 1 nitrogen and oxygen atoms in total. The monoisotopic (exact) mass is 257 g/mol. The van der Waals surface area contributed by atoms with Crippen LogP contribution >= 0.6 is 0 Å². The average Bonchev–Trinajstić information content (AvgIpc) is 2.13. The molecule has 0 saturated carbocycles. The van der Waals surface area contributed by atoms with Gasteiger partial charge in [0.15, 0.2) is 0 Å². The molecule has 3 heteroatoms. The highest BCUT2D eigenvalue weighted by Gasteiger charge is 2.11. The highest BCUT2D eigenvalue weighted by atomic mass is 28.3. The Kier molecular flexibility index (Phi) is 9.27. The van der Waals surface area contributed by atoms with E-state index in [4.69, 9.17) is 0 Å². The maximum atomic E-state index is 3.57. The average molecular weight is 258 g/mol. The Hall–Kier alpha value is 0.134. The lowest BCUT2D eigenvalue weighted by atomic mass is 10.3. The summed E-state index contributed by atoms with van der Waals surface area (Å²) >= 11 is 0. The minimum Gasteiger partial charge on any atom is -0.317 e. The normalized spacial score (nSPS) is 12.3. The van der Waals surface area contributed by atoms with E-state index in [2.05, 4.69) is 44.5 Å². The zero-order chi connectivity index (χ0) is 12.4. The molecule has 0 unspecified atom stereocenters. The fourth-order valence-corrected chi connectivity index (χ4v) is 4.19. The molecule has 96 valence electrons. The van der Waals surface area contributed by atoms with Crippen LogP contribution in [-0.4, -0.2) is 30.7 Å². The van der Waals surface area contributed by atoms with Gasteiger partial charge in [-0.3, -0.25) is 0 Å². The number of allylic oxidation sites excluding steroid dienone is 1. The molecule has 0 aromatic heterocycles. The van der Waals surface area contributed by atoms with Crippen molar-refractivity contribution in [3.8, 4) is 0 Å². The summed E-state index contributed by atoms with van der Waals surface area (Å²) in [6, 6.07) is 2.90. The smallest absolute Gasteiger partial charge is 0.0465 e. The van der Waals surface area contributed by atoms with Crippen molar-refractivity contribution >= 4 is 17.6 Å². The summed E-state index contributed by atoms with van der Waals surface area (Å²) in [6.07, 6.45) is 2.79. The van der Waals surface area contributed by atoms with Crippen molar-refractivity contribution in [1.29, 1.82) is 0 Å². The van der Waals surface area contributed by atoms with E-state index in [0.29, 0.717) is 0 Å². The second-order valence-corrected chi connectivity index (χ2v) is 13.5. The lowest BCUT2D eigenvalue weighted by Crippen LogP contribution is -2.21. The SMILES string of the molecule is CC(C)=C[SiH2]CCNCCCC[Si](C)(C)C. The quantitative estimate of drug-likeness (QED) is 0.494. The van der Waals surface area contributed by atoms with Gasteiger partial charge >= 0.3 is 0 Å². The van der Waals surface area contributed by atoms with E-state index in [-0.39, 0.29) is 9.52 Å². The van der Waals surface area contributed by atoms with E-state index in [9.17, 15) is 0 Å². The van der Waals surface area contributed by atoms with Gasteiger partial charge in [0.1, 0.15) is 0 Å². The molecular formula is C13H31NSi2. The summed E-state index contributed by atoms with van der Waals surface area (Å²) in [5, 5.41) is 3.57. The molecule has 0 aliphatic carbocycles. The third kappa shape index (κ3) is 14.1. The maximum Gasteiger partial charge on any atom is 0.0465 e. The predicted molar refractivity (Wildman–Crippen MR) is 83.0 cm³/mol. The number of hydrogen-bond acceptors (Lipinski definition) is 1. The van der Waals surface area contributed by atoms with E-state index in [1.807, 2.05) is 0 Å². The predicted octanol–water partition coefficient (Wildman–Crippen LogP) is 3.21. The molecule has 0 aliphatic heterocycles. The summed E-state index contributed by atoms with van der Waals surface area (Å²) in [4.78, 5) is 0. The number of rotatable bonds is 9. The van der Waals surface area contributed by atoms with Crippen LogP contribution in [-0.2, 0) is 0 Å². The van der Waals surface area contributed by atoms with Crippen LogP contribution in [0.1, 0.15) is 26.7 Å². The Labute approximate surface area is 106 Å². The maximum absolute atomic E-state index is 3.57. The molecule has 0 aromatic carbocycles. The first kappa shape index (κ1) is 16.1. The van der Waals surface area contributed by atoms with Crippen molar-refractivity contribution in [2.24, 2.45) is 0 Å². The van der Waals surface area contributed by atoms with Gasteiger partial charge in [-0.05, 0) is 39.4 Å². The van der Waals surface area contributed by atoms with Crippen LogP contribution in [0.5, 0.6) is 0 Å². The Bertz CT molecular complexity index is 191. The van der Waals surface area contributed by atoms with Gasteiger partial charge in [-0.2, -0.15) is 0 Å². The Morgan fingerprint density at radius 1 is 1.12 bits per heavy atom. The van der Waals surface area contributed by atoms with E-state index < -0.39 is 8.07 Å². The van der Waals surface area contributed by atoms with Crippen LogP contribution in [0, 0.1) is 0 Å². The highest BCUT2D eigenvalue weighted by Crippen LogP contribution is 2.11. The zero-order valence-corrected chi connectivity index (χ0v) is 14.4. The van der Waals surface area contributed by atoms with Crippen LogP contribution in [0.3, 0.4) is 0 Å². The van der Waals surface area contributed by atoms with Crippen molar-refractivity contribution in [3.63, 3.8) is 0 Å². The Balaban J connectivity index is 3.13. The van der Waals surface area contributed by atoms with Gasteiger partial charge in [-0.1, -0.05) is 37.7 Å². The lowest BCUT2D eigenvalue weighted by Gasteiger charge is -2.15. The highest BCUT2D eigenvalue weighted by molar-refractivity contribution is 6.76. The number of nitrogens with one attached hydrogen (secondary N) is 1. The summed E-state index contributed by atoms with van der Waals surface area (Å²) in [5.74, 6) is 0. The van der Waals surface area contributed by atoms with Crippen LogP contribution in [0.15, 0.2) is 11.3 Å². The second-order valence-electron chi connectivity index (χ2n) is 6.19. The van der Waals surface area contributed by atoms with E-state index in [0.717, 1.165) is 0 Å². The molecule has 0 bridgehead atoms. The van der Waals surface area contributed by atoms with Gasteiger partial charge in [0.05, 0.1) is 0 Å². The molecular weight excluding hydrogens is 226 g/mol. The van der Waals surface area contributed by atoms with Crippen molar-refractivity contribution in [2.45, 2.75) is 58.4 Å². The summed E-state index contributed by atoms with van der Waals surface area (Å²) in [7, 11) is -0.695. The molecule has 0 spiro atoms. The van der Waals surface area contributed by atoms with E-state index in [1.54, 1.807) is 0 Å². The zero-order valence-electron chi connectivity index (χ0n) is 12.0. The van der Waals surface area contributed by atoms with Crippen molar-refractivity contribution in [1.82, 2.24) is 5.32 Å². The molecule has 0 radical (unpaired) electrons. The van der Waals surface area contributed by atoms with Gasteiger partial charge in [-0.25, -0.2) is 0 Å². The third-order valence-electron chi connectivity index (χ3n) is 2.64. The summed E-state index contributed by atoms with van der Waals surface area (Å²) in [6.45, 7) is 14.3. The van der Waals surface area contributed by atoms with Crippen molar-refractivity contribution in [3.05, 3.63) is 11.3 Å². The number of unbranched alkanes of at least 4 members (excludes halogenated alkanes) is 1. The topological polar surface area (TPSA) is 12.0 Å². The van der Waals surface area contributed by atoms with E-state index >= 15 is 0 Å². The molecule has 0 rings (SSSR count). The van der Waals surface area contributed by atoms with Gasteiger partial charge < -0.3 is 5.32 Å². The molecule has 16 heavy (non-hydrogen) atoms. The summed E-state index contributed by atoms with van der Waals surface area (Å²) in [5.41, 5.74) is 3.97. The minimum atomic E-state index is -0.780. The minimum absolute atomic E-state index is 0.0843. The first-order chi connectivity index (χ1) is 7.42. The largest absolute Gasteiger partial charge is 0.317 e. The van der Waals surface area contributed by atoms with Crippen LogP contribution < -0.4 is 5.32 Å². The van der Waals surface area contributed by atoms with Crippen LogP contribution in [0.25, 0.3) is 0 Å². The van der Waals surface area contributed by atoms with Crippen LogP contribution in [0.2, 0.25) is 31.7 Å². The Morgan fingerprint density at radius 3 is 2.38 bits per heavy atom. The Morgan fingerprint density at radius 2 is 1.81 bits per heavy atom. The van der Waals surface area contributed by atoms with Gasteiger partial charge in [0.2, 0.25) is 0 Å². The standard InChI is InChI=1S/C13H31NSi2/c1-13(2)12-15-10-9-14-8-6-7-11-16(3,4)5/h12,14H,6-11,15H2,1-5H3. The van der Waals surface area contributed by atoms with Gasteiger partial charge in [0, 0.05) is 17.6 Å². The van der Waals surface area contributed by atoms with Crippen LogP contribution in [0.4, 0.5) is 0 Å². The lowest BCUT2D eigenvalue weighted by molar-refractivity contribution is 0.659. The van der Waals surface area contributed by atoms with Gasteiger partial charge in [0.25, 0.3) is 0 Å².